The Kier molecular flexibility index (Phi) is 3.36. The van der Waals surface area contributed by atoms with Gasteiger partial charge in [0.2, 0.25) is 0 Å². The first-order valence-corrected chi connectivity index (χ1v) is 8.20. The van der Waals surface area contributed by atoms with Gasteiger partial charge in [0.25, 0.3) is 0 Å². The van der Waals surface area contributed by atoms with Crippen LogP contribution in [0.1, 0.15) is 10.4 Å². The molecular formula is C11H15NOSi. The van der Waals surface area contributed by atoms with E-state index in [1.807, 2.05) is 0 Å². The molecule has 0 aliphatic heterocycles. The first-order valence-electron chi connectivity index (χ1n) is 4.63. The van der Waals surface area contributed by atoms with Gasteiger partial charge in [-0.3, -0.25) is 9.78 Å². The molecule has 74 valence electrons. The van der Waals surface area contributed by atoms with Crippen LogP contribution in [0, 0.1) is 0 Å². The van der Waals surface area contributed by atoms with E-state index in [1.165, 1.54) is 0 Å². The van der Waals surface area contributed by atoms with Crippen molar-refractivity contribution < 1.29 is 4.79 Å². The predicted molar refractivity (Wildman–Crippen MR) is 61.1 cm³/mol. The van der Waals surface area contributed by atoms with Crippen LogP contribution in [0.2, 0.25) is 19.6 Å². The van der Waals surface area contributed by atoms with Gasteiger partial charge < -0.3 is 0 Å². The summed E-state index contributed by atoms with van der Waals surface area (Å²) in [5.74, 6) is 0.0647. The lowest BCUT2D eigenvalue weighted by Crippen LogP contribution is -2.16. The molecule has 1 aromatic rings. The van der Waals surface area contributed by atoms with Crippen LogP contribution in [0.4, 0.5) is 0 Å². The summed E-state index contributed by atoms with van der Waals surface area (Å²) >= 11 is 0. The monoisotopic (exact) mass is 205 g/mol. The van der Waals surface area contributed by atoms with Crippen LogP contribution in [0.5, 0.6) is 0 Å². The zero-order valence-corrected chi connectivity index (χ0v) is 9.82. The van der Waals surface area contributed by atoms with Crippen LogP contribution >= 0.6 is 0 Å². The first-order chi connectivity index (χ1) is 6.49. The van der Waals surface area contributed by atoms with Crippen molar-refractivity contribution in [1.29, 1.82) is 0 Å². The second kappa shape index (κ2) is 4.33. The Morgan fingerprint density at radius 3 is 2.36 bits per heavy atom. The van der Waals surface area contributed by atoms with Gasteiger partial charge in [-0.15, -0.1) is 0 Å². The molecule has 0 amide bonds. The summed E-state index contributed by atoms with van der Waals surface area (Å²) in [5.41, 5.74) is 2.75. The third-order valence-electron chi connectivity index (χ3n) is 1.70. The van der Waals surface area contributed by atoms with Crippen molar-refractivity contribution >= 4 is 13.9 Å². The van der Waals surface area contributed by atoms with Gasteiger partial charge in [-0.05, 0) is 18.2 Å². The summed E-state index contributed by atoms with van der Waals surface area (Å²) in [7, 11) is -1.27. The molecule has 0 N–H and O–H groups in total. The van der Waals surface area contributed by atoms with Crippen LogP contribution < -0.4 is 0 Å². The molecule has 0 bridgehead atoms. The maximum atomic E-state index is 11.6. The molecule has 14 heavy (non-hydrogen) atoms. The van der Waals surface area contributed by atoms with E-state index in [0.717, 1.165) is 0 Å². The second-order valence-electron chi connectivity index (χ2n) is 4.30. The van der Waals surface area contributed by atoms with Crippen molar-refractivity contribution in [2.75, 3.05) is 0 Å². The minimum absolute atomic E-state index is 0.0647. The predicted octanol–water partition coefficient (Wildman–Crippen LogP) is 2.70. The molecule has 0 aliphatic carbocycles. The highest BCUT2D eigenvalue weighted by Gasteiger charge is 2.08. The molecule has 0 radical (unpaired) electrons. The summed E-state index contributed by atoms with van der Waals surface area (Å²) < 4.78 is 0. The van der Waals surface area contributed by atoms with Crippen molar-refractivity contribution in [2.24, 2.45) is 0 Å². The molecule has 0 unspecified atom stereocenters. The number of hydrogen-bond acceptors (Lipinski definition) is 2. The Balaban J connectivity index is 2.74. The van der Waals surface area contributed by atoms with Gasteiger partial charge in [-0.25, -0.2) is 0 Å². The molecule has 0 saturated heterocycles. The Bertz CT molecular complexity index is 338. The van der Waals surface area contributed by atoms with Gasteiger partial charge >= 0.3 is 0 Å². The van der Waals surface area contributed by atoms with Gasteiger partial charge in [0.1, 0.15) is 0 Å². The molecule has 2 nitrogen and oxygen atoms in total. The zero-order valence-electron chi connectivity index (χ0n) is 8.82. The van der Waals surface area contributed by atoms with Crippen molar-refractivity contribution in [3.05, 3.63) is 41.9 Å². The SMILES string of the molecule is C[Si](C)(C)/C=C/C(=O)c1ccncc1. The number of hydrogen-bond donors (Lipinski definition) is 0. The largest absolute Gasteiger partial charge is 0.289 e. The minimum atomic E-state index is -1.27. The highest BCUT2D eigenvalue weighted by Crippen LogP contribution is 2.04. The Hall–Kier alpha value is -1.22. The molecule has 0 aromatic carbocycles. The summed E-state index contributed by atoms with van der Waals surface area (Å²) in [6.45, 7) is 6.59. The number of aromatic nitrogens is 1. The summed E-state index contributed by atoms with van der Waals surface area (Å²) in [6.07, 6.45) is 4.95. The van der Waals surface area contributed by atoms with E-state index in [9.17, 15) is 4.79 Å². The van der Waals surface area contributed by atoms with Crippen molar-refractivity contribution in [3.63, 3.8) is 0 Å². The average molecular weight is 205 g/mol. The molecule has 0 aliphatic rings. The molecule has 1 heterocycles. The van der Waals surface area contributed by atoms with Crippen molar-refractivity contribution in [1.82, 2.24) is 4.98 Å². The van der Waals surface area contributed by atoms with Gasteiger partial charge in [0.15, 0.2) is 5.78 Å². The topological polar surface area (TPSA) is 30.0 Å². The van der Waals surface area contributed by atoms with Gasteiger partial charge in [-0.2, -0.15) is 0 Å². The van der Waals surface area contributed by atoms with Crippen LogP contribution in [-0.2, 0) is 0 Å². The lowest BCUT2D eigenvalue weighted by molar-refractivity contribution is 0.104. The third kappa shape index (κ3) is 3.66. The van der Waals surface area contributed by atoms with Crippen LogP contribution in [-0.4, -0.2) is 18.8 Å². The number of allylic oxidation sites excluding steroid dienone is 1. The lowest BCUT2D eigenvalue weighted by atomic mass is 10.2. The Morgan fingerprint density at radius 1 is 1.29 bits per heavy atom. The van der Waals surface area contributed by atoms with E-state index in [2.05, 4.69) is 30.3 Å². The molecule has 0 saturated carbocycles. The number of ketones is 1. The van der Waals surface area contributed by atoms with Crippen molar-refractivity contribution in [3.8, 4) is 0 Å². The molecule has 1 aromatic heterocycles. The number of carbonyl (C=O) groups excluding carboxylic acids is 1. The van der Waals surface area contributed by atoms with E-state index in [0.29, 0.717) is 5.56 Å². The van der Waals surface area contributed by atoms with Crippen LogP contribution in [0.3, 0.4) is 0 Å². The molecule has 0 spiro atoms. The van der Waals surface area contributed by atoms with Gasteiger partial charge in [-0.1, -0.05) is 25.3 Å². The standard InChI is InChI=1S/C11H15NOSi/c1-14(2,3)9-6-11(13)10-4-7-12-8-5-10/h4-9H,1-3H3/b9-6+. The normalized spacial score (nSPS) is 11.9. The van der Waals surface area contributed by atoms with E-state index < -0.39 is 8.07 Å². The van der Waals surface area contributed by atoms with Crippen LogP contribution in [0.25, 0.3) is 0 Å². The lowest BCUT2D eigenvalue weighted by Gasteiger charge is -2.07. The molecule has 0 fully saturated rings. The number of pyridine rings is 1. The van der Waals surface area contributed by atoms with E-state index >= 15 is 0 Å². The Labute approximate surface area is 85.7 Å². The fourth-order valence-corrected chi connectivity index (χ4v) is 1.59. The number of rotatable bonds is 3. The molecule has 1 rings (SSSR count). The summed E-state index contributed by atoms with van der Waals surface area (Å²) in [4.78, 5) is 15.5. The fraction of sp³-hybridized carbons (Fsp3) is 0.273. The number of carbonyl (C=O) groups is 1. The van der Waals surface area contributed by atoms with E-state index in [-0.39, 0.29) is 5.78 Å². The maximum absolute atomic E-state index is 11.6. The summed E-state index contributed by atoms with van der Waals surface area (Å²) in [5, 5.41) is 0. The quantitative estimate of drug-likeness (QED) is 0.431. The van der Waals surface area contributed by atoms with Crippen molar-refractivity contribution in [2.45, 2.75) is 19.6 Å². The first kappa shape index (κ1) is 10.9. The highest BCUT2D eigenvalue weighted by molar-refractivity contribution is 6.81. The minimum Gasteiger partial charge on any atom is -0.289 e. The summed E-state index contributed by atoms with van der Waals surface area (Å²) in [6, 6.07) is 3.47. The van der Waals surface area contributed by atoms with E-state index in [1.54, 1.807) is 30.6 Å². The Morgan fingerprint density at radius 2 is 1.86 bits per heavy atom. The zero-order chi connectivity index (χ0) is 10.6. The average Bonchev–Trinajstić information content (AvgIpc) is 2.14. The third-order valence-corrected chi connectivity index (χ3v) is 2.87. The fourth-order valence-electron chi connectivity index (χ4n) is 0.938. The van der Waals surface area contributed by atoms with Gasteiger partial charge in [0, 0.05) is 18.0 Å². The number of nitrogens with zero attached hydrogens (tertiary/aromatic N) is 1. The van der Waals surface area contributed by atoms with E-state index in [4.69, 9.17) is 0 Å². The molecule has 3 heteroatoms. The molecular weight excluding hydrogens is 190 g/mol. The maximum Gasteiger partial charge on any atom is 0.185 e. The van der Waals surface area contributed by atoms with Gasteiger partial charge in [0.05, 0.1) is 8.07 Å². The van der Waals surface area contributed by atoms with Crippen LogP contribution in [0.15, 0.2) is 36.3 Å². The smallest absolute Gasteiger partial charge is 0.185 e. The highest BCUT2D eigenvalue weighted by atomic mass is 28.3. The molecule has 0 atom stereocenters. The second-order valence-corrected chi connectivity index (χ2v) is 9.36.